The van der Waals surface area contributed by atoms with Crippen LogP contribution < -0.4 is 0 Å². The Bertz CT molecular complexity index is 184. The fraction of sp³-hybridized carbons (Fsp3) is 0.750. The minimum atomic E-state index is 1.04. The van der Waals surface area contributed by atoms with Gasteiger partial charge in [-0.3, -0.25) is 0 Å². The quantitative estimate of drug-likeness (QED) is 0.658. The summed E-state index contributed by atoms with van der Waals surface area (Å²) in [5.74, 6) is 1.12. The van der Waals surface area contributed by atoms with E-state index in [-0.39, 0.29) is 0 Å². The lowest BCUT2D eigenvalue weighted by molar-refractivity contribution is 0.630. The van der Waals surface area contributed by atoms with Crippen LogP contribution in [-0.4, -0.2) is 14.8 Å². The minimum Gasteiger partial charge on any atom is -0.318 e. The largest absolute Gasteiger partial charge is 0.318 e. The third kappa shape index (κ3) is 2.03. The molecule has 0 saturated carbocycles. The monoisotopic (exact) mass is 153 g/mol. The first-order valence-electron chi connectivity index (χ1n) is 4.25. The molecule has 62 valence electrons. The fourth-order valence-corrected chi connectivity index (χ4v) is 1.12. The summed E-state index contributed by atoms with van der Waals surface area (Å²) < 4.78 is 2.13. The second kappa shape index (κ2) is 4.11. The van der Waals surface area contributed by atoms with Crippen LogP contribution in [-0.2, 0) is 13.0 Å². The van der Waals surface area contributed by atoms with Crippen molar-refractivity contribution in [2.75, 3.05) is 0 Å². The highest BCUT2D eigenvalue weighted by molar-refractivity contribution is 4.84. The number of aryl methyl sites for hydroxylation is 2. The van der Waals surface area contributed by atoms with E-state index in [1.165, 1.54) is 0 Å². The average Bonchev–Trinajstić information content (AvgIpc) is 2.39. The van der Waals surface area contributed by atoms with Crippen molar-refractivity contribution >= 4 is 0 Å². The number of hydrogen-bond acceptors (Lipinski definition) is 2. The lowest BCUT2D eigenvalue weighted by Crippen LogP contribution is -2.01. The van der Waals surface area contributed by atoms with Crippen LogP contribution in [0.25, 0.3) is 0 Å². The molecule has 0 saturated heterocycles. The Labute approximate surface area is 67.4 Å². The highest BCUT2D eigenvalue weighted by Gasteiger charge is 1.99. The van der Waals surface area contributed by atoms with Gasteiger partial charge in [0.15, 0.2) is 0 Å². The van der Waals surface area contributed by atoms with Crippen LogP contribution >= 0.6 is 0 Å². The predicted octanol–water partition coefficient (Wildman–Crippen LogP) is 1.64. The van der Waals surface area contributed by atoms with Gasteiger partial charge in [0.05, 0.1) is 0 Å². The molecule has 1 aromatic rings. The second-order valence-electron chi connectivity index (χ2n) is 2.69. The summed E-state index contributed by atoms with van der Waals surface area (Å²) in [4.78, 5) is 0. The van der Waals surface area contributed by atoms with Gasteiger partial charge in [-0.15, -0.1) is 10.2 Å². The van der Waals surface area contributed by atoms with E-state index in [2.05, 4.69) is 28.6 Å². The number of nitrogens with zero attached hydrogens (tertiary/aromatic N) is 3. The van der Waals surface area contributed by atoms with Crippen molar-refractivity contribution in [2.45, 2.75) is 39.7 Å². The highest BCUT2D eigenvalue weighted by Crippen LogP contribution is 1.99. The standard InChI is InChI=1S/C8H15N3/c1-3-5-8-10-9-7-11(8)6-4-2/h7H,3-6H2,1-2H3. The van der Waals surface area contributed by atoms with Gasteiger partial charge < -0.3 is 4.57 Å². The van der Waals surface area contributed by atoms with Gasteiger partial charge in [0.1, 0.15) is 12.2 Å². The topological polar surface area (TPSA) is 30.7 Å². The normalized spacial score (nSPS) is 10.4. The third-order valence-electron chi connectivity index (χ3n) is 1.63. The number of rotatable bonds is 4. The lowest BCUT2D eigenvalue weighted by atomic mass is 10.3. The van der Waals surface area contributed by atoms with E-state index in [4.69, 9.17) is 0 Å². The molecule has 0 aliphatic rings. The molecule has 3 nitrogen and oxygen atoms in total. The molecule has 0 radical (unpaired) electrons. The summed E-state index contributed by atoms with van der Waals surface area (Å²) in [6.07, 6.45) is 5.14. The Balaban J connectivity index is 2.62. The van der Waals surface area contributed by atoms with Gasteiger partial charge in [-0.05, 0) is 12.8 Å². The maximum absolute atomic E-state index is 4.04. The third-order valence-corrected chi connectivity index (χ3v) is 1.63. The predicted molar refractivity (Wildman–Crippen MR) is 44.3 cm³/mol. The molecule has 0 aromatic carbocycles. The Morgan fingerprint density at radius 2 is 2.18 bits per heavy atom. The molecule has 1 aromatic heterocycles. The molecule has 0 amide bonds. The van der Waals surface area contributed by atoms with Crippen LogP contribution in [0.15, 0.2) is 6.33 Å². The molecule has 11 heavy (non-hydrogen) atoms. The van der Waals surface area contributed by atoms with Gasteiger partial charge in [-0.2, -0.15) is 0 Å². The summed E-state index contributed by atoms with van der Waals surface area (Å²) in [7, 11) is 0. The van der Waals surface area contributed by atoms with Crippen LogP contribution in [0.1, 0.15) is 32.5 Å². The molecule has 0 unspecified atom stereocenters. The van der Waals surface area contributed by atoms with Crippen molar-refractivity contribution < 1.29 is 0 Å². The van der Waals surface area contributed by atoms with Crippen molar-refractivity contribution in [3.05, 3.63) is 12.2 Å². The Kier molecular flexibility index (Phi) is 3.08. The van der Waals surface area contributed by atoms with Gasteiger partial charge in [0, 0.05) is 13.0 Å². The van der Waals surface area contributed by atoms with E-state index in [0.29, 0.717) is 0 Å². The van der Waals surface area contributed by atoms with Gasteiger partial charge in [-0.1, -0.05) is 13.8 Å². The SMILES string of the molecule is CCCc1nncn1CCC. The molecule has 0 bridgehead atoms. The first-order chi connectivity index (χ1) is 5.38. The van der Waals surface area contributed by atoms with Crippen LogP contribution in [0.3, 0.4) is 0 Å². The van der Waals surface area contributed by atoms with Crippen molar-refractivity contribution in [3.63, 3.8) is 0 Å². The summed E-state index contributed by atoms with van der Waals surface area (Å²) in [5, 5.41) is 7.91. The molecule has 0 N–H and O–H groups in total. The Morgan fingerprint density at radius 3 is 2.82 bits per heavy atom. The van der Waals surface area contributed by atoms with Crippen LogP contribution in [0, 0.1) is 0 Å². The smallest absolute Gasteiger partial charge is 0.132 e. The zero-order valence-electron chi connectivity index (χ0n) is 7.25. The number of hydrogen-bond donors (Lipinski definition) is 0. The fourth-order valence-electron chi connectivity index (χ4n) is 1.12. The minimum absolute atomic E-state index is 1.04. The van der Waals surface area contributed by atoms with Gasteiger partial charge >= 0.3 is 0 Å². The van der Waals surface area contributed by atoms with Gasteiger partial charge in [0.2, 0.25) is 0 Å². The second-order valence-corrected chi connectivity index (χ2v) is 2.69. The van der Waals surface area contributed by atoms with Crippen molar-refractivity contribution in [2.24, 2.45) is 0 Å². The maximum Gasteiger partial charge on any atom is 0.132 e. The number of aromatic nitrogens is 3. The van der Waals surface area contributed by atoms with Crippen LogP contribution in [0.5, 0.6) is 0 Å². The zero-order valence-corrected chi connectivity index (χ0v) is 7.25. The van der Waals surface area contributed by atoms with Crippen molar-refractivity contribution in [3.8, 4) is 0 Å². The molecule has 3 heteroatoms. The van der Waals surface area contributed by atoms with E-state index < -0.39 is 0 Å². The van der Waals surface area contributed by atoms with Crippen molar-refractivity contribution in [1.29, 1.82) is 0 Å². The summed E-state index contributed by atoms with van der Waals surface area (Å²) in [6, 6.07) is 0. The molecule has 0 aliphatic carbocycles. The molecule has 0 spiro atoms. The molecular formula is C8H15N3. The Hall–Kier alpha value is -0.860. The van der Waals surface area contributed by atoms with Crippen LogP contribution in [0.2, 0.25) is 0 Å². The molecule has 0 atom stereocenters. The van der Waals surface area contributed by atoms with E-state index in [9.17, 15) is 0 Å². The van der Waals surface area contributed by atoms with E-state index in [1.807, 2.05) is 6.33 Å². The maximum atomic E-state index is 4.04. The van der Waals surface area contributed by atoms with E-state index >= 15 is 0 Å². The van der Waals surface area contributed by atoms with E-state index in [1.54, 1.807) is 0 Å². The van der Waals surface area contributed by atoms with Crippen LogP contribution in [0.4, 0.5) is 0 Å². The molecule has 0 aliphatic heterocycles. The molecular weight excluding hydrogens is 138 g/mol. The van der Waals surface area contributed by atoms with Crippen molar-refractivity contribution in [1.82, 2.24) is 14.8 Å². The first-order valence-corrected chi connectivity index (χ1v) is 4.25. The molecule has 1 rings (SSSR count). The lowest BCUT2D eigenvalue weighted by Gasteiger charge is -2.01. The molecule has 1 heterocycles. The average molecular weight is 153 g/mol. The summed E-state index contributed by atoms with van der Waals surface area (Å²) in [6.45, 7) is 5.36. The van der Waals surface area contributed by atoms with E-state index in [0.717, 1.165) is 31.6 Å². The summed E-state index contributed by atoms with van der Waals surface area (Å²) >= 11 is 0. The van der Waals surface area contributed by atoms with Gasteiger partial charge in [0.25, 0.3) is 0 Å². The Morgan fingerprint density at radius 1 is 1.36 bits per heavy atom. The summed E-state index contributed by atoms with van der Waals surface area (Å²) in [5.41, 5.74) is 0. The molecule has 0 fully saturated rings. The van der Waals surface area contributed by atoms with Gasteiger partial charge in [-0.25, -0.2) is 0 Å². The first kappa shape index (κ1) is 8.24. The highest BCUT2D eigenvalue weighted by atomic mass is 15.3. The zero-order chi connectivity index (χ0) is 8.10.